The van der Waals surface area contributed by atoms with Gasteiger partial charge in [-0.15, -0.1) is 0 Å². The van der Waals surface area contributed by atoms with Crippen molar-refractivity contribution in [2.24, 2.45) is 0 Å². The fourth-order valence-corrected chi connectivity index (χ4v) is 3.83. The number of ether oxygens (including phenoxy) is 1. The molecular weight excluding hydrogens is 276 g/mol. The Morgan fingerprint density at radius 1 is 1.45 bits per heavy atom. The SMILES string of the molecule is CC1CC(NS(=O)(=O)Cc2ccccc2C#N)CCO1. The van der Waals surface area contributed by atoms with Gasteiger partial charge in [-0.3, -0.25) is 0 Å². The van der Waals surface area contributed by atoms with Gasteiger partial charge in [0.2, 0.25) is 10.0 Å². The third kappa shape index (κ3) is 4.04. The molecule has 20 heavy (non-hydrogen) atoms. The summed E-state index contributed by atoms with van der Waals surface area (Å²) in [6, 6.07) is 8.69. The summed E-state index contributed by atoms with van der Waals surface area (Å²) in [5.74, 6) is -0.164. The van der Waals surface area contributed by atoms with E-state index in [2.05, 4.69) is 4.72 Å². The molecule has 1 heterocycles. The van der Waals surface area contributed by atoms with Crippen molar-refractivity contribution in [3.63, 3.8) is 0 Å². The molecule has 0 spiro atoms. The van der Waals surface area contributed by atoms with Gasteiger partial charge in [-0.2, -0.15) is 5.26 Å². The molecule has 1 aromatic carbocycles. The predicted molar refractivity (Wildman–Crippen MR) is 75.4 cm³/mol. The van der Waals surface area contributed by atoms with Crippen LogP contribution in [0.5, 0.6) is 0 Å². The lowest BCUT2D eigenvalue weighted by molar-refractivity contribution is 0.0173. The molecule has 2 unspecified atom stereocenters. The van der Waals surface area contributed by atoms with Crippen LogP contribution in [0.2, 0.25) is 0 Å². The smallest absolute Gasteiger partial charge is 0.216 e. The number of benzene rings is 1. The minimum absolute atomic E-state index is 0.0721. The van der Waals surface area contributed by atoms with Crippen LogP contribution >= 0.6 is 0 Å². The maximum atomic E-state index is 12.2. The number of sulfonamides is 1. The first-order valence-corrected chi connectivity index (χ1v) is 8.25. The van der Waals surface area contributed by atoms with Gasteiger partial charge >= 0.3 is 0 Å². The maximum absolute atomic E-state index is 12.2. The van der Waals surface area contributed by atoms with Crippen molar-refractivity contribution < 1.29 is 13.2 Å². The lowest BCUT2D eigenvalue weighted by atomic mass is 10.1. The Balaban J connectivity index is 2.06. The highest BCUT2D eigenvalue weighted by atomic mass is 32.2. The second-order valence-corrected chi connectivity index (χ2v) is 6.80. The molecule has 5 nitrogen and oxygen atoms in total. The van der Waals surface area contributed by atoms with E-state index in [4.69, 9.17) is 10.00 Å². The zero-order chi connectivity index (χ0) is 14.6. The Morgan fingerprint density at radius 3 is 2.90 bits per heavy atom. The first-order chi connectivity index (χ1) is 9.50. The van der Waals surface area contributed by atoms with E-state index in [0.29, 0.717) is 30.6 Å². The molecule has 0 radical (unpaired) electrons. The monoisotopic (exact) mass is 294 g/mol. The van der Waals surface area contributed by atoms with Gasteiger partial charge in [0.15, 0.2) is 0 Å². The molecule has 0 aliphatic carbocycles. The maximum Gasteiger partial charge on any atom is 0.216 e. The van der Waals surface area contributed by atoms with Crippen molar-refractivity contribution >= 4 is 10.0 Å². The average Bonchev–Trinajstić information content (AvgIpc) is 2.38. The average molecular weight is 294 g/mol. The molecule has 1 aromatic rings. The van der Waals surface area contributed by atoms with E-state index >= 15 is 0 Å². The van der Waals surface area contributed by atoms with Gasteiger partial charge in [-0.05, 0) is 31.4 Å². The lowest BCUT2D eigenvalue weighted by Gasteiger charge is -2.27. The zero-order valence-electron chi connectivity index (χ0n) is 11.4. The van der Waals surface area contributed by atoms with E-state index in [-0.39, 0.29) is 17.9 Å². The van der Waals surface area contributed by atoms with E-state index in [9.17, 15) is 8.42 Å². The standard InChI is InChI=1S/C14H18N2O3S/c1-11-8-14(6-7-19-11)16-20(17,18)10-13-5-3-2-4-12(13)9-15/h2-5,11,14,16H,6-8,10H2,1H3. The van der Waals surface area contributed by atoms with Gasteiger partial charge in [-0.25, -0.2) is 13.1 Å². The number of rotatable bonds is 4. The van der Waals surface area contributed by atoms with Crippen molar-refractivity contribution in [3.8, 4) is 6.07 Å². The van der Waals surface area contributed by atoms with Crippen molar-refractivity contribution in [3.05, 3.63) is 35.4 Å². The Bertz CT molecular complexity index is 607. The van der Waals surface area contributed by atoms with E-state index in [1.807, 2.05) is 13.0 Å². The van der Waals surface area contributed by atoms with E-state index < -0.39 is 10.0 Å². The van der Waals surface area contributed by atoms with Crippen molar-refractivity contribution in [1.29, 1.82) is 5.26 Å². The van der Waals surface area contributed by atoms with E-state index in [1.54, 1.807) is 24.3 Å². The van der Waals surface area contributed by atoms with Crippen molar-refractivity contribution in [2.45, 2.75) is 37.7 Å². The molecule has 2 atom stereocenters. The Labute approximate surface area is 119 Å². The normalized spacial score (nSPS) is 23.2. The summed E-state index contributed by atoms with van der Waals surface area (Å²) in [5.41, 5.74) is 0.931. The van der Waals surface area contributed by atoms with Gasteiger partial charge in [0.1, 0.15) is 0 Å². The molecular formula is C14H18N2O3S. The summed E-state index contributed by atoms with van der Waals surface area (Å²) in [5, 5.41) is 8.99. The highest BCUT2D eigenvalue weighted by Crippen LogP contribution is 2.16. The van der Waals surface area contributed by atoms with Gasteiger partial charge in [0.25, 0.3) is 0 Å². The van der Waals surface area contributed by atoms with Crippen LogP contribution in [0.4, 0.5) is 0 Å². The number of hydrogen-bond donors (Lipinski definition) is 1. The largest absolute Gasteiger partial charge is 0.378 e. The van der Waals surface area contributed by atoms with Crippen LogP contribution < -0.4 is 4.72 Å². The third-order valence-electron chi connectivity index (χ3n) is 3.31. The fraction of sp³-hybridized carbons (Fsp3) is 0.500. The quantitative estimate of drug-likeness (QED) is 0.913. The molecule has 6 heteroatoms. The Hall–Kier alpha value is -1.42. The number of nitrogens with one attached hydrogen (secondary N) is 1. The van der Waals surface area contributed by atoms with Crippen LogP contribution in [-0.2, 0) is 20.5 Å². The molecule has 1 aliphatic heterocycles. The highest BCUT2D eigenvalue weighted by molar-refractivity contribution is 7.88. The van der Waals surface area contributed by atoms with Crippen LogP contribution in [0, 0.1) is 11.3 Å². The van der Waals surface area contributed by atoms with Gasteiger partial charge in [-0.1, -0.05) is 18.2 Å². The number of nitriles is 1. The van der Waals surface area contributed by atoms with Gasteiger partial charge in [0.05, 0.1) is 23.5 Å². The minimum Gasteiger partial charge on any atom is -0.378 e. The van der Waals surface area contributed by atoms with Crippen molar-refractivity contribution in [1.82, 2.24) is 4.72 Å². The minimum atomic E-state index is -3.45. The number of nitrogens with zero attached hydrogens (tertiary/aromatic N) is 1. The topological polar surface area (TPSA) is 79.2 Å². The number of hydrogen-bond acceptors (Lipinski definition) is 4. The molecule has 1 aliphatic rings. The molecule has 0 amide bonds. The zero-order valence-corrected chi connectivity index (χ0v) is 12.2. The Morgan fingerprint density at radius 2 is 2.20 bits per heavy atom. The molecule has 1 saturated heterocycles. The first kappa shape index (κ1) is 15.0. The van der Waals surface area contributed by atoms with Gasteiger partial charge in [0, 0.05) is 12.6 Å². The summed E-state index contributed by atoms with van der Waals surface area (Å²) in [6.45, 7) is 2.51. The molecule has 1 fully saturated rings. The van der Waals surface area contributed by atoms with E-state index in [0.717, 1.165) is 0 Å². The Kier molecular flexibility index (Phi) is 4.76. The van der Waals surface area contributed by atoms with Crippen LogP contribution in [0.15, 0.2) is 24.3 Å². The molecule has 108 valence electrons. The van der Waals surface area contributed by atoms with Crippen LogP contribution in [0.3, 0.4) is 0 Å². The highest BCUT2D eigenvalue weighted by Gasteiger charge is 2.24. The van der Waals surface area contributed by atoms with Crippen LogP contribution in [0.25, 0.3) is 0 Å². The summed E-state index contributed by atoms with van der Waals surface area (Å²) in [7, 11) is -3.45. The van der Waals surface area contributed by atoms with Crippen molar-refractivity contribution in [2.75, 3.05) is 6.61 Å². The second-order valence-electron chi connectivity index (χ2n) is 5.05. The third-order valence-corrected chi connectivity index (χ3v) is 4.70. The summed E-state index contributed by atoms with van der Waals surface area (Å²) in [4.78, 5) is 0. The molecule has 2 rings (SSSR count). The van der Waals surface area contributed by atoms with Crippen LogP contribution in [-0.4, -0.2) is 27.2 Å². The molecule has 0 aromatic heterocycles. The molecule has 0 saturated carbocycles. The lowest BCUT2D eigenvalue weighted by Crippen LogP contribution is -2.41. The fourth-order valence-electron chi connectivity index (χ4n) is 2.36. The summed E-state index contributed by atoms with van der Waals surface area (Å²) in [6.07, 6.45) is 1.44. The second kappa shape index (κ2) is 6.35. The molecule has 1 N–H and O–H groups in total. The first-order valence-electron chi connectivity index (χ1n) is 6.60. The molecule has 0 bridgehead atoms. The van der Waals surface area contributed by atoms with Gasteiger partial charge < -0.3 is 4.74 Å². The van der Waals surface area contributed by atoms with Crippen LogP contribution in [0.1, 0.15) is 30.9 Å². The summed E-state index contributed by atoms with van der Waals surface area (Å²) < 4.78 is 32.5. The van der Waals surface area contributed by atoms with E-state index in [1.165, 1.54) is 0 Å². The summed E-state index contributed by atoms with van der Waals surface area (Å²) >= 11 is 0. The predicted octanol–water partition coefficient (Wildman–Crippen LogP) is 1.55.